The van der Waals surface area contributed by atoms with Crippen LogP contribution in [0.3, 0.4) is 0 Å². The van der Waals surface area contributed by atoms with Crippen molar-refractivity contribution in [2.75, 3.05) is 5.32 Å². The molecule has 0 saturated heterocycles. The first kappa shape index (κ1) is 23.9. The van der Waals surface area contributed by atoms with Crippen molar-refractivity contribution in [1.29, 1.82) is 5.26 Å². The fourth-order valence-electron chi connectivity index (χ4n) is 2.87. The molecule has 3 aromatic rings. The summed E-state index contributed by atoms with van der Waals surface area (Å²) in [5, 5.41) is 12.8. The molecule has 162 valence electrons. The van der Waals surface area contributed by atoms with Crippen LogP contribution in [-0.2, 0) is 11.4 Å². The fraction of sp³-hybridized carbons (Fsp3) is 0.120. The number of rotatable bonds is 6. The van der Waals surface area contributed by atoms with Crippen LogP contribution in [0.5, 0.6) is 5.75 Å². The number of halogens is 3. The normalized spacial score (nSPS) is 11.1. The maximum Gasteiger partial charge on any atom is 0.266 e. The molecule has 0 aliphatic carbocycles. The Morgan fingerprint density at radius 2 is 1.72 bits per heavy atom. The van der Waals surface area contributed by atoms with E-state index in [0.717, 1.165) is 21.2 Å². The maximum absolute atomic E-state index is 12.6. The summed E-state index contributed by atoms with van der Waals surface area (Å²) in [6.45, 7) is 4.24. The number of carbonyl (C=O) groups excluding carboxylic acids is 1. The van der Waals surface area contributed by atoms with Crippen LogP contribution in [-0.4, -0.2) is 5.91 Å². The summed E-state index contributed by atoms with van der Waals surface area (Å²) in [7, 11) is 0. The maximum atomic E-state index is 12.6. The quantitative estimate of drug-likeness (QED) is 0.265. The van der Waals surface area contributed by atoms with Crippen molar-refractivity contribution in [3.63, 3.8) is 0 Å². The van der Waals surface area contributed by atoms with Crippen molar-refractivity contribution in [2.24, 2.45) is 0 Å². The van der Waals surface area contributed by atoms with Gasteiger partial charge in [0, 0.05) is 10.2 Å². The molecule has 7 heteroatoms. The van der Waals surface area contributed by atoms with E-state index in [1.165, 1.54) is 6.08 Å². The van der Waals surface area contributed by atoms with Crippen LogP contribution in [0.4, 0.5) is 5.69 Å². The van der Waals surface area contributed by atoms with E-state index in [9.17, 15) is 10.1 Å². The molecule has 32 heavy (non-hydrogen) atoms. The third kappa shape index (κ3) is 6.14. The second-order valence-electron chi connectivity index (χ2n) is 7.15. The standard InChI is InChI=1S/C25H19BrCl2N2O2/c1-15-3-8-21(9-16(15)2)30-25(31)19(13-29)10-18-11-22(27)24(23(28)12-18)32-14-17-4-6-20(26)7-5-17/h3-12H,14H2,1-2H3,(H,30,31)/b19-10+. The van der Waals surface area contributed by atoms with Gasteiger partial charge in [0.05, 0.1) is 10.0 Å². The highest BCUT2D eigenvalue weighted by atomic mass is 79.9. The molecule has 0 unspecified atom stereocenters. The van der Waals surface area contributed by atoms with Crippen molar-refractivity contribution in [3.8, 4) is 11.8 Å². The number of hydrogen-bond acceptors (Lipinski definition) is 3. The highest BCUT2D eigenvalue weighted by Crippen LogP contribution is 2.35. The number of nitriles is 1. The molecule has 0 saturated carbocycles. The van der Waals surface area contributed by atoms with E-state index in [0.29, 0.717) is 23.6 Å². The largest absolute Gasteiger partial charge is 0.486 e. The molecule has 0 aromatic heterocycles. The van der Waals surface area contributed by atoms with Crippen LogP contribution in [0.1, 0.15) is 22.3 Å². The molecule has 0 fully saturated rings. The average Bonchev–Trinajstić information content (AvgIpc) is 2.75. The number of aryl methyl sites for hydroxylation is 2. The third-order valence-corrected chi connectivity index (χ3v) is 5.85. The Balaban J connectivity index is 1.77. The molecule has 0 bridgehead atoms. The molecule has 0 aliphatic heterocycles. The Morgan fingerprint density at radius 3 is 2.31 bits per heavy atom. The highest BCUT2D eigenvalue weighted by Gasteiger charge is 2.13. The molecule has 1 N–H and O–H groups in total. The van der Waals surface area contributed by atoms with E-state index in [1.54, 1.807) is 18.2 Å². The average molecular weight is 530 g/mol. The molecular weight excluding hydrogens is 511 g/mol. The zero-order valence-corrected chi connectivity index (χ0v) is 20.5. The van der Waals surface area contributed by atoms with Gasteiger partial charge in [-0.25, -0.2) is 0 Å². The van der Waals surface area contributed by atoms with E-state index >= 15 is 0 Å². The number of nitrogens with zero attached hydrogens (tertiary/aromatic N) is 1. The zero-order chi connectivity index (χ0) is 23.3. The topological polar surface area (TPSA) is 62.1 Å². The van der Waals surface area contributed by atoms with Gasteiger partial charge in [-0.3, -0.25) is 4.79 Å². The summed E-state index contributed by atoms with van der Waals surface area (Å²) >= 11 is 16.1. The van der Waals surface area contributed by atoms with Crippen LogP contribution in [0.25, 0.3) is 6.08 Å². The smallest absolute Gasteiger partial charge is 0.266 e. The first-order valence-electron chi connectivity index (χ1n) is 9.63. The number of amides is 1. The van der Waals surface area contributed by atoms with Crippen LogP contribution < -0.4 is 10.1 Å². The minimum Gasteiger partial charge on any atom is -0.486 e. The predicted molar refractivity (Wildman–Crippen MR) is 133 cm³/mol. The van der Waals surface area contributed by atoms with E-state index in [2.05, 4.69) is 21.2 Å². The Morgan fingerprint density at radius 1 is 1.06 bits per heavy atom. The van der Waals surface area contributed by atoms with Gasteiger partial charge in [0.15, 0.2) is 5.75 Å². The number of hydrogen-bond donors (Lipinski definition) is 1. The van der Waals surface area contributed by atoms with Gasteiger partial charge in [0.25, 0.3) is 5.91 Å². The Hall–Kier alpha value is -2.78. The molecule has 4 nitrogen and oxygen atoms in total. The minimum atomic E-state index is -0.515. The minimum absolute atomic E-state index is 0.0705. The van der Waals surface area contributed by atoms with Crippen molar-refractivity contribution >= 4 is 56.8 Å². The second-order valence-corrected chi connectivity index (χ2v) is 8.88. The number of ether oxygens (including phenoxy) is 1. The van der Waals surface area contributed by atoms with Crippen molar-refractivity contribution in [1.82, 2.24) is 0 Å². The van der Waals surface area contributed by atoms with Crippen LogP contribution in [0, 0.1) is 25.2 Å². The van der Waals surface area contributed by atoms with Gasteiger partial charge in [-0.1, -0.05) is 57.3 Å². The molecule has 0 aliphatic rings. The molecule has 0 heterocycles. The van der Waals surface area contributed by atoms with Crippen molar-refractivity contribution in [2.45, 2.75) is 20.5 Å². The summed E-state index contributed by atoms with van der Waals surface area (Å²) in [5.41, 5.74) is 4.18. The lowest BCUT2D eigenvalue weighted by Gasteiger charge is -2.11. The molecule has 1 amide bonds. The molecule has 0 spiro atoms. The Kier molecular flexibility index (Phi) is 7.98. The van der Waals surface area contributed by atoms with Crippen LogP contribution in [0.15, 0.2) is 64.6 Å². The molecule has 0 atom stereocenters. The van der Waals surface area contributed by atoms with Gasteiger partial charge >= 0.3 is 0 Å². The van der Waals surface area contributed by atoms with E-state index in [4.69, 9.17) is 27.9 Å². The number of carbonyl (C=O) groups is 1. The first-order valence-corrected chi connectivity index (χ1v) is 11.2. The summed E-state index contributed by atoms with van der Waals surface area (Å²) in [5.74, 6) is -0.176. The van der Waals surface area contributed by atoms with Gasteiger partial charge in [-0.15, -0.1) is 0 Å². The van der Waals surface area contributed by atoms with E-state index < -0.39 is 5.91 Å². The summed E-state index contributed by atoms with van der Waals surface area (Å²) in [6, 6.07) is 18.4. The predicted octanol–water partition coefficient (Wildman–Crippen LogP) is 7.50. The fourth-order valence-corrected chi connectivity index (χ4v) is 3.75. The Labute approximate surface area is 205 Å². The lowest BCUT2D eigenvalue weighted by Crippen LogP contribution is -2.13. The summed E-state index contributed by atoms with van der Waals surface area (Å²) < 4.78 is 6.76. The highest BCUT2D eigenvalue weighted by molar-refractivity contribution is 9.10. The zero-order valence-electron chi connectivity index (χ0n) is 17.4. The van der Waals surface area contributed by atoms with Gasteiger partial charge in [0.1, 0.15) is 18.2 Å². The second kappa shape index (κ2) is 10.7. The monoisotopic (exact) mass is 528 g/mol. The van der Waals surface area contributed by atoms with Gasteiger partial charge < -0.3 is 10.1 Å². The molecular formula is C25H19BrCl2N2O2. The summed E-state index contributed by atoms with van der Waals surface area (Å²) in [6.07, 6.45) is 1.44. The van der Waals surface area contributed by atoms with Crippen molar-refractivity contribution < 1.29 is 9.53 Å². The third-order valence-electron chi connectivity index (χ3n) is 4.76. The van der Waals surface area contributed by atoms with Gasteiger partial charge in [-0.2, -0.15) is 5.26 Å². The number of benzene rings is 3. The number of anilines is 1. The van der Waals surface area contributed by atoms with Gasteiger partial charge in [-0.05, 0) is 78.6 Å². The SMILES string of the molecule is Cc1ccc(NC(=O)/C(C#N)=C/c2cc(Cl)c(OCc3ccc(Br)cc3)c(Cl)c2)cc1C. The lowest BCUT2D eigenvalue weighted by atomic mass is 10.1. The van der Waals surface area contributed by atoms with E-state index in [1.807, 2.05) is 56.3 Å². The summed E-state index contributed by atoms with van der Waals surface area (Å²) in [4.78, 5) is 12.6. The van der Waals surface area contributed by atoms with E-state index in [-0.39, 0.29) is 15.6 Å². The lowest BCUT2D eigenvalue weighted by molar-refractivity contribution is -0.112. The molecule has 3 aromatic carbocycles. The van der Waals surface area contributed by atoms with Crippen molar-refractivity contribution in [3.05, 3.63) is 96.9 Å². The van der Waals surface area contributed by atoms with Crippen LogP contribution >= 0.6 is 39.1 Å². The van der Waals surface area contributed by atoms with Gasteiger partial charge in [0.2, 0.25) is 0 Å². The number of nitrogens with one attached hydrogen (secondary N) is 1. The first-order chi connectivity index (χ1) is 15.3. The van der Waals surface area contributed by atoms with Crippen LogP contribution in [0.2, 0.25) is 10.0 Å². The Bertz CT molecular complexity index is 1210. The molecule has 3 rings (SSSR count). The molecule has 0 radical (unpaired) electrons.